The van der Waals surface area contributed by atoms with Gasteiger partial charge in [-0.2, -0.15) is 0 Å². The number of nitrogens with one attached hydrogen (secondary N) is 1. The van der Waals surface area contributed by atoms with Crippen LogP contribution in [0.4, 0.5) is 15.8 Å². The summed E-state index contributed by atoms with van der Waals surface area (Å²) in [5.41, 5.74) is 1.52. The second kappa shape index (κ2) is 7.85. The molecule has 6 heteroatoms. The van der Waals surface area contributed by atoms with Crippen molar-refractivity contribution in [1.29, 1.82) is 0 Å². The van der Waals surface area contributed by atoms with Gasteiger partial charge >= 0.3 is 0 Å². The standard InChI is InChI=1S/C19H20ClFN2O2/c1-25-15-4-3-11-23(12-15)14-9-7-13(8-10-14)22-19(24)18-16(20)5-2-6-17(18)21/h2,5-10,15H,3-4,11-12H2,1H3,(H,22,24). The molecule has 1 unspecified atom stereocenters. The third-order valence-corrected chi connectivity index (χ3v) is 4.71. The number of carbonyl (C=O) groups is 1. The van der Waals surface area contributed by atoms with E-state index in [9.17, 15) is 9.18 Å². The molecule has 0 saturated carbocycles. The molecule has 3 rings (SSSR count). The van der Waals surface area contributed by atoms with Crippen molar-refractivity contribution in [2.45, 2.75) is 18.9 Å². The summed E-state index contributed by atoms with van der Waals surface area (Å²) >= 11 is 5.93. The van der Waals surface area contributed by atoms with E-state index < -0.39 is 11.7 Å². The fourth-order valence-electron chi connectivity index (χ4n) is 3.03. The van der Waals surface area contributed by atoms with Crippen LogP contribution in [0.15, 0.2) is 42.5 Å². The lowest BCUT2D eigenvalue weighted by Gasteiger charge is -2.33. The van der Waals surface area contributed by atoms with E-state index in [0.717, 1.165) is 31.6 Å². The maximum absolute atomic E-state index is 13.8. The highest BCUT2D eigenvalue weighted by molar-refractivity contribution is 6.34. The van der Waals surface area contributed by atoms with Gasteiger partial charge in [-0.1, -0.05) is 17.7 Å². The first-order valence-electron chi connectivity index (χ1n) is 8.21. The second-order valence-corrected chi connectivity index (χ2v) is 6.45. The number of amides is 1. The lowest BCUT2D eigenvalue weighted by atomic mass is 10.1. The predicted molar refractivity (Wildman–Crippen MR) is 98.0 cm³/mol. The zero-order valence-electron chi connectivity index (χ0n) is 14.0. The summed E-state index contributed by atoms with van der Waals surface area (Å²) in [6.07, 6.45) is 2.41. The molecule has 25 heavy (non-hydrogen) atoms. The Morgan fingerprint density at radius 3 is 2.72 bits per heavy atom. The Morgan fingerprint density at radius 2 is 2.04 bits per heavy atom. The Balaban J connectivity index is 1.69. The molecule has 0 aliphatic carbocycles. The van der Waals surface area contributed by atoms with Gasteiger partial charge in [0.2, 0.25) is 0 Å². The second-order valence-electron chi connectivity index (χ2n) is 6.04. The minimum atomic E-state index is -0.638. The van der Waals surface area contributed by atoms with Crippen LogP contribution < -0.4 is 10.2 Å². The van der Waals surface area contributed by atoms with Crippen LogP contribution in [0.1, 0.15) is 23.2 Å². The minimum absolute atomic E-state index is 0.0908. The summed E-state index contributed by atoms with van der Waals surface area (Å²) in [6, 6.07) is 11.7. The molecule has 132 valence electrons. The maximum atomic E-state index is 13.8. The highest BCUT2D eigenvalue weighted by Crippen LogP contribution is 2.24. The molecule has 1 N–H and O–H groups in total. The Hall–Kier alpha value is -2.11. The molecular weight excluding hydrogens is 343 g/mol. The van der Waals surface area contributed by atoms with E-state index in [0.29, 0.717) is 5.69 Å². The van der Waals surface area contributed by atoms with Gasteiger partial charge < -0.3 is 15.0 Å². The number of rotatable bonds is 4. The van der Waals surface area contributed by atoms with Crippen molar-refractivity contribution in [1.82, 2.24) is 0 Å². The van der Waals surface area contributed by atoms with Gasteiger partial charge in [0.05, 0.1) is 16.7 Å². The van der Waals surface area contributed by atoms with Gasteiger partial charge in [0.1, 0.15) is 5.82 Å². The van der Waals surface area contributed by atoms with E-state index in [2.05, 4.69) is 10.2 Å². The quantitative estimate of drug-likeness (QED) is 0.879. The SMILES string of the molecule is COC1CCCN(c2ccc(NC(=O)c3c(F)cccc3Cl)cc2)C1. The van der Waals surface area contributed by atoms with Crippen LogP contribution in [0.25, 0.3) is 0 Å². The third kappa shape index (κ3) is 4.11. The van der Waals surface area contributed by atoms with Crippen LogP contribution in [0.2, 0.25) is 5.02 Å². The van der Waals surface area contributed by atoms with Crippen molar-refractivity contribution in [2.24, 2.45) is 0 Å². The smallest absolute Gasteiger partial charge is 0.260 e. The van der Waals surface area contributed by atoms with Crippen molar-refractivity contribution in [3.8, 4) is 0 Å². The van der Waals surface area contributed by atoms with Gasteiger partial charge in [-0.05, 0) is 49.2 Å². The number of carbonyl (C=O) groups excluding carboxylic acids is 1. The van der Waals surface area contributed by atoms with E-state index in [-0.39, 0.29) is 16.7 Å². The molecule has 1 fully saturated rings. The number of ether oxygens (including phenoxy) is 1. The van der Waals surface area contributed by atoms with Crippen LogP contribution in [0.5, 0.6) is 0 Å². The molecule has 4 nitrogen and oxygen atoms in total. The number of halogens is 2. The minimum Gasteiger partial charge on any atom is -0.380 e. The average Bonchev–Trinajstić information content (AvgIpc) is 2.62. The molecule has 2 aromatic carbocycles. The largest absolute Gasteiger partial charge is 0.380 e. The molecule has 0 spiro atoms. The first-order chi connectivity index (χ1) is 12.1. The molecule has 1 atom stereocenters. The molecule has 2 aromatic rings. The summed E-state index contributed by atoms with van der Waals surface area (Å²) < 4.78 is 19.3. The van der Waals surface area contributed by atoms with Crippen LogP contribution in [0, 0.1) is 5.82 Å². The predicted octanol–water partition coefficient (Wildman–Crippen LogP) is 4.35. The molecular formula is C19H20ClFN2O2. The van der Waals surface area contributed by atoms with E-state index in [4.69, 9.17) is 16.3 Å². The van der Waals surface area contributed by atoms with E-state index in [1.54, 1.807) is 19.2 Å². The Kier molecular flexibility index (Phi) is 5.56. The zero-order valence-corrected chi connectivity index (χ0v) is 14.7. The fourth-order valence-corrected chi connectivity index (χ4v) is 3.28. The van der Waals surface area contributed by atoms with Gasteiger partial charge in [0.15, 0.2) is 0 Å². The number of anilines is 2. The van der Waals surface area contributed by atoms with Gasteiger partial charge in [-0.3, -0.25) is 4.79 Å². The van der Waals surface area contributed by atoms with Gasteiger partial charge in [0, 0.05) is 31.6 Å². The summed E-state index contributed by atoms with van der Waals surface area (Å²) in [4.78, 5) is 14.5. The highest BCUT2D eigenvalue weighted by atomic mass is 35.5. The molecule has 1 amide bonds. The lowest BCUT2D eigenvalue weighted by molar-refractivity contribution is 0.0893. The first-order valence-corrected chi connectivity index (χ1v) is 8.59. The topological polar surface area (TPSA) is 41.6 Å². The number of piperidine rings is 1. The molecule has 0 bridgehead atoms. The molecule has 1 aliphatic rings. The van der Waals surface area contributed by atoms with Gasteiger partial charge in [-0.25, -0.2) is 4.39 Å². The van der Waals surface area contributed by atoms with Crippen LogP contribution in [0.3, 0.4) is 0 Å². The molecule has 1 aliphatic heterocycles. The van der Waals surface area contributed by atoms with Crippen molar-refractivity contribution in [3.05, 3.63) is 58.9 Å². The molecule has 1 heterocycles. The van der Waals surface area contributed by atoms with Crippen molar-refractivity contribution in [3.63, 3.8) is 0 Å². The molecule has 0 aromatic heterocycles. The Morgan fingerprint density at radius 1 is 1.28 bits per heavy atom. The van der Waals surface area contributed by atoms with Crippen LogP contribution in [-0.2, 0) is 4.74 Å². The van der Waals surface area contributed by atoms with Crippen molar-refractivity contribution < 1.29 is 13.9 Å². The summed E-state index contributed by atoms with van der Waals surface area (Å²) in [6.45, 7) is 1.84. The summed E-state index contributed by atoms with van der Waals surface area (Å²) in [7, 11) is 1.74. The monoisotopic (exact) mass is 362 g/mol. The fraction of sp³-hybridized carbons (Fsp3) is 0.316. The summed E-state index contributed by atoms with van der Waals surface area (Å²) in [5.74, 6) is -1.20. The van der Waals surface area contributed by atoms with Gasteiger partial charge in [-0.15, -0.1) is 0 Å². The Labute approximate surface area is 151 Å². The highest BCUT2D eigenvalue weighted by Gasteiger charge is 2.20. The maximum Gasteiger partial charge on any atom is 0.260 e. The van der Waals surface area contributed by atoms with E-state index in [1.807, 2.05) is 12.1 Å². The van der Waals surface area contributed by atoms with Crippen LogP contribution >= 0.6 is 11.6 Å². The molecule has 0 radical (unpaired) electrons. The van der Waals surface area contributed by atoms with Crippen LogP contribution in [-0.4, -0.2) is 32.2 Å². The Bertz CT molecular complexity index is 731. The summed E-state index contributed by atoms with van der Waals surface area (Å²) in [5, 5.41) is 2.77. The number of benzene rings is 2. The van der Waals surface area contributed by atoms with E-state index >= 15 is 0 Å². The van der Waals surface area contributed by atoms with Crippen molar-refractivity contribution in [2.75, 3.05) is 30.4 Å². The number of hydrogen-bond acceptors (Lipinski definition) is 3. The zero-order chi connectivity index (χ0) is 17.8. The van der Waals surface area contributed by atoms with E-state index in [1.165, 1.54) is 18.2 Å². The number of hydrogen-bond donors (Lipinski definition) is 1. The van der Waals surface area contributed by atoms with Crippen molar-refractivity contribution >= 4 is 28.9 Å². The molecule has 1 saturated heterocycles. The lowest BCUT2D eigenvalue weighted by Crippen LogP contribution is -2.39. The first kappa shape index (κ1) is 17.7. The normalized spacial score (nSPS) is 17.4. The number of nitrogens with zero attached hydrogens (tertiary/aromatic N) is 1. The van der Waals surface area contributed by atoms with Gasteiger partial charge in [0.25, 0.3) is 5.91 Å². The number of methoxy groups -OCH3 is 1. The average molecular weight is 363 g/mol. The third-order valence-electron chi connectivity index (χ3n) is 4.39.